The topological polar surface area (TPSA) is 52.6 Å². The zero-order valence-electron chi connectivity index (χ0n) is 11.7. The molecule has 1 atom stereocenters. The molecule has 0 aliphatic carbocycles. The highest BCUT2D eigenvalue weighted by Crippen LogP contribution is 2.36. The molecular weight excluding hydrogens is 216 g/mol. The standard InChI is InChI=1S/C13H26N2O2/c1-10(2)13(6-7-14-8-13)11(16)15(5)9-12(3,4)17/h10,14,17H,6-9H2,1-5H3. The van der Waals surface area contributed by atoms with Gasteiger partial charge in [0.05, 0.1) is 11.0 Å². The molecule has 1 amide bonds. The molecule has 4 nitrogen and oxygen atoms in total. The molecule has 17 heavy (non-hydrogen) atoms. The normalized spacial score (nSPS) is 25.4. The summed E-state index contributed by atoms with van der Waals surface area (Å²) in [5.41, 5.74) is -1.13. The van der Waals surface area contributed by atoms with E-state index in [1.807, 2.05) is 0 Å². The Kier molecular flexibility index (Phi) is 4.20. The molecule has 1 aliphatic heterocycles. The first-order valence-corrected chi connectivity index (χ1v) is 6.38. The van der Waals surface area contributed by atoms with Crippen LogP contribution in [0.1, 0.15) is 34.1 Å². The molecular formula is C13H26N2O2. The van der Waals surface area contributed by atoms with Crippen molar-refractivity contribution in [2.75, 3.05) is 26.7 Å². The maximum Gasteiger partial charge on any atom is 0.230 e. The van der Waals surface area contributed by atoms with Crippen LogP contribution in [0, 0.1) is 11.3 Å². The fourth-order valence-corrected chi connectivity index (χ4v) is 2.67. The summed E-state index contributed by atoms with van der Waals surface area (Å²) in [6.45, 7) is 9.68. The highest BCUT2D eigenvalue weighted by molar-refractivity contribution is 5.83. The lowest BCUT2D eigenvalue weighted by atomic mass is 9.75. The Morgan fingerprint density at radius 2 is 2.12 bits per heavy atom. The minimum Gasteiger partial charge on any atom is -0.389 e. The maximum atomic E-state index is 12.6. The van der Waals surface area contributed by atoms with E-state index in [2.05, 4.69) is 19.2 Å². The number of amides is 1. The van der Waals surface area contributed by atoms with Crippen molar-refractivity contribution in [1.29, 1.82) is 0 Å². The first-order valence-electron chi connectivity index (χ1n) is 6.38. The highest BCUT2D eigenvalue weighted by atomic mass is 16.3. The average Bonchev–Trinajstić information content (AvgIpc) is 2.63. The number of aliphatic hydroxyl groups is 1. The summed E-state index contributed by atoms with van der Waals surface area (Å²) in [5, 5.41) is 13.1. The molecule has 1 aliphatic rings. The molecule has 1 fully saturated rings. The van der Waals surface area contributed by atoms with Gasteiger partial charge in [-0.2, -0.15) is 0 Å². The molecule has 0 aromatic carbocycles. The Morgan fingerprint density at radius 1 is 1.53 bits per heavy atom. The SMILES string of the molecule is CC(C)C1(C(=O)N(C)CC(C)(C)O)CCNC1. The van der Waals surface area contributed by atoms with E-state index in [1.54, 1.807) is 25.8 Å². The zero-order chi connectivity index (χ0) is 13.3. The summed E-state index contributed by atoms with van der Waals surface area (Å²) in [6, 6.07) is 0. The van der Waals surface area contributed by atoms with Gasteiger partial charge in [-0.05, 0) is 32.7 Å². The molecule has 2 N–H and O–H groups in total. The van der Waals surface area contributed by atoms with Gasteiger partial charge >= 0.3 is 0 Å². The van der Waals surface area contributed by atoms with E-state index in [4.69, 9.17) is 0 Å². The molecule has 0 aromatic heterocycles. The van der Waals surface area contributed by atoms with Crippen LogP contribution in [0.4, 0.5) is 0 Å². The number of nitrogens with zero attached hydrogens (tertiary/aromatic N) is 1. The number of carbonyl (C=O) groups is 1. The van der Waals surface area contributed by atoms with Crippen LogP contribution in [0.25, 0.3) is 0 Å². The lowest BCUT2D eigenvalue weighted by Crippen LogP contribution is -2.50. The summed E-state index contributed by atoms with van der Waals surface area (Å²) >= 11 is 0. The van der Waals surface area contributed by atoms with E-state index >= 15 is 0 Å². The number of likely N-dealkylation sites (N-methyl/N-ethyl adjacent to an activating group) is 1. The third kappa shape index (κ3) is 3.19. The predicted molar refractivity (Wildman–Crippen MR) is 68.7 cm³/mol. The van der Waals surface area contributed by atoms with Gasteiger partial charge in [0, 0.05) is 20.1 Å². The molecule has 1 unspecified atom stereocenters. The van der Waals surface area contributed by atoms with Gasteiger partial charge in [0.25, 0.3) is 0 Å². The number of carbonyl (C=O) groups excluding carboxylic acids is 1. The van der Waals surface area contributed by atoms with E-state index < -0.39 is 5.60 Å². The van der Waals surface area contributed by atoms with Gasteiger partial charge < -0.3 is 15.3 Å². The molecule has 1 heterocycles. The fourth-order valence-electron chi connectivity index (χ4n) is 2.67. The highest BCUT2D eigenvalue weighted by Gasteiger charge is 2.45. The Hall–Kier alpha value is -0.610. The summed E-state index contributed by atoms with van der Waals surface area (Å²) in [5.74, 6) is 0.467. The van der Waals surface area contributed by atoms with Crippen LogP contribution in [0.2, 0.25) is 0 Å². The van der Waals surface area contributed by atoms with Gasteiger partial charge in [-0.15, -0.1) is 0 Å². The largest absolute Gasteiger partial charge is 0.389 e. The van der Waals surface area contributed by atoms with E-state index in [0.29, 0.717) is 12.5 Å². The van der Waals surface area contributed by atoms with E-state index in [1.165, 1.54) is 0 Å². The minimum absolute atomic E-state index is 0.152. The third-order valence-corrected chi connectivity index (χ3v) is 3.69. The summed E-state index contributed by atoms with van der Waals surface area (Å²) in [7, 11) is 1.78. The second-order valence-electron chi connectivity index (χ2n) is 6.21. The van der Waals surface area contributed by atoms with Crippen LogP contribution in [0.15, 0.2) is 0 Å². The van der Waals surface area contributed by atoms with Crippen LogP contribution in [0.3, 0.4) is 0 Å². The van der Waals surface area contributed by atoms with Gasteiger partial charge in [0.1, 0.15) is 0 Å². The maximum absolute atomic E-state index is 12.6. The van der Waals surface area contributed by atoms with Crippen LogP contribution >= 0.6 is 0 Å². The van der Waals surface area contributed by atoms with Crippen LogP contribution in [0.5, 0.6) is 0 Å². The van der Waals surface area contributed by atoms with Crippen molar-refractivity contribution in [3.8, 4) is 0 Å². The van der Waals surface area contributed by atoms with Crippen molar-refractivity contribution in [2.24, 2.45) is 11.3 Å². The van der Waals surface area contributed by atoms with Crippen LogP contribution in [-0.4, -0.2) is 48.2 Å². The van der Waals surface area contributed by atoms with Crippen LogP contribution in [-0.2, 0) is 4.79 Å². The Balaban J connectivity index is 2.79. The number of hydrogen-bond donors (Lipinski definition) is 2. The van der Waals surface area contributed by atoms with Gasteiger partial charge in [0.2, 0.25) is 5.91 Å². The van der Waals surface area contributed by atoms with Crippen molar-refractivity contribution in [3.63, 3.8) is 0 Å². The molecule has 0 bridgehead atoms. The monoisotopic (exact) mass is 242 g/mol. The Bertz CT molecular complexity index is 276. The molecule has 0 spiro atoms. The molecule has 0 radical (unpaired) electrons. The van der Waals surface area contributed by atoms with Crippen molar-refractivity contribution in [2.45, 2.75) is 39.7 Å². The van der Waals surface area contributed by atoms with Crippen molar-refractivity contribution >= 4 is 5.91 Å². The first kappa shape index (κ1) is 14.5. The van der Waals surface area contributed by atoms with Gasteiger partial charge in [-0.3, -0.25) is 4.79 Å². The summed E-state index contributed by atoms with van der Waals surface area (Å²) in [6.07, 6.45) is 0.889. The van der Waals surface area contributed by atoms with Gasteiger partial charge in [-0.25, -0.2) is 0 Å². The number of nitrogens with one attached hydrogen (secondary N) is 1. The average molecular weight is 242 g/mol. The number of rotatable bonds is 4. The van der Waals surface area contributed by atoms with Crippen molar-refractivity contribution in [3.05, 3.63) is 0 Å². The quantitative estimate of drug-likeness (QED) is 0.768. The van der Waals surface area contributed by atoms with E-state index in [-0.39, 0.29) is 11.3 Å². The second kappa shape index (κ2) is 4.94. The smallest absolute Gasteiger partial charge is 0.230 e. The fraction of sp³-hybridized carbons (Fsp3) is 0.923. The predicted octanol–water partition coefficient (Wildman–Crippen LogP) is 0.851. The minimum atomic E-state index is -0.839. The van der Waals surface area contributed by atoms with Gasteiger partial charge in [-0.1, -0.05) is 13.8 Å². The molecule has 4 heteroatoms. The third-order valence-electron chi connectivity index (χ3n) is 3.69. The molecule has 0 aromatic rings. The molecule has 1 rings (SSSR count). The van der Waals surface area contributed by atoms with Crippen molar-refractivity contribution < 1.29 is 9.90 Å². The lowest BCUT2D eigenvalue weighted by Gasteiger charge is -2.37. The summed E-state index contributed by atoms with van der Waals surface area (Å²) < 4.78 is 0. The number of hydrogen-bond acceptors (Lipinski definition) is 3. The zero-order valence-corrected chi connectivity index (χ0v) is 11.7. The Morgan fingerprint density at radius 3 is 2.47 bits per heavy atom. The molecule has 0 saturated carbocycles. The molecule has 100 valence electrons. The van der Waals surface area contributed by atoms with E-state index in [9.17, 15) is 9.90 Å². The second-order valence-corrected chi connectivity index (χ2v) is 6.21. The lowest BCUT2D eigenvalue weighted by molar-refractivity contribution is -0.145. The van der Waals surface area contributed by atoms with Crippen molar-refractivity contribution in [1.82, 2.24) is 10.2 Å². The molecule has 1 saturated heterocycles. The van der Waals surface area contributed by atoms with E-state index in [0.717, 1.165) is 19.5 Å². The Labute approximate surface area is 104 Å². The summed E-state index contributed by atoms with van der Waals surface area (Å²) in [4.78, 5) is 14.2. The first-order chi connectivity index (χ1) is 7.69. The van der Waals surface area contributed by atoms with Gasteiger partial charge in [0.15, 0.2) is 0 Å². The van der Waals surface area contributed by atoms with Crippen LogP contribution < -0.4 is 5.32 Å².